The van der Waals surface area contributed by atoms with Crippen LogP contribution in [0.3, 0.4) is 0 Å². The standard InChI is InChI=1S/C29H29N/c1-21(26-18-10-16-22-15-8-9-17-27(22)26)30-25-19-28(23-11-4-2-5-12-23)29(20-25)24-13-6-3-7-14-24/h2-18,21,25,28-30H,19-20H2,1H3/t21-,28-,29-/m1/s1. The summed E-state index contributed by atoms with van der Waals surface area (Å²) in [7, 11) is 0. The van der Waals surface area contributed by atoms with Gasteiger partial charge in [0.25, 0.3) is 0 Å². The molecule has 0 amide bonds. The summed E-state index contributed by atoms with van der Waals surface area (Å²) in [5, 5.41) is 6.66. The van der Waals surface area contributed by atoms with Gasteiger partial charge >= 0.3 is 0 Å². The molecule has 1 nitrogen and oxygen atoms in total. The van der Waals surface area contributed by atoms with Crippen molar-refractivity contribution in [1.82, 2.24) is 5.32 Å². The van der Waals surface area contributed by atoms with Crippen molar-refractivity contribution in [1.29, 1.82) is 0 Å². The Bertz CT molecular complexity index is 1050. The molecule has 1 N–H and O–H groups in total. The second kappa shape index (κ2) is 8.45. The lowest BCUT2D eigenvalue weighted by molar-refractivity contribution is 0.457. The van der Waals surface area contributed by atoms with E-state index < -0.39 is 0 Å². The van der Waals surface area contributed by atoms with Gasteiger partial charge in [-0.25, -0.2) is 0 Å². The van der Waals surface area contributed by atoms with E-state index >= 15 is 0 Å². The molecule has 3 atom stereocenters. The zero-order chi connectivity index (χ0) is 20.3. The van der Waals surface area contributed by atoms with Crippen molar-refractivity contribution in [2.75, 3.05) is 0 Å². The normalized spacial score (nSPS) is 20.4. The van der Waals surface area contributed by atoms with E-state index in [1.54, 1.807) is 0 Å². The molecule has 4 aromatic rings. The molecule has 1 saturated carbocycles. The number of nitrogens with one attached hydrogen (secondary N) is 1. The molecular formula is C29H29N. The number of rotatable bonds is 5. The topological polar surface area (TPSA) is 12.0 Å². The van der Waals surface area contributed by atoms with Gasteiger partial charge in [0.1, 0.15) is 0 Å². The third-order valence-corrected chi connectivity index (χ3v) is 6.79. The maximum atomic E-state index is 3.99. The Balaban J connectivity index is 1.41. The predicted octanol–water partition coefficient (Wildman–Crippen LogP) is 7.22. The molecule has 4 aromatic carbocycles. The Hall–Kier alpha value is -2.90. The van der Waals surface area contributed by atoms with Crippen LogP contribution < -0.4 is 5.32 Å². The van der Waals surface area contributed by atoms with Gasteiger partial charge < -0.3 is 5.32 Å². The maximum absolute atomic E-state index is 3.99. The molecule has 0 radical (unpaired) electrons. The third kappa shape index (κ3) is 3.78. The van der Waals surface area contributed by atoms with Crippen molar-refractivity contribution in [2.45, 2.75) is 43.7 Å². The molecule has 0 aromatic heterocycles. The number of fused-ring (bicyclic) bond motifs is 1. The van der Waals surface area contributed by atoms with Crippen molar-refractivity contribution < 1.29 is 0 Å². The second-order valence-electron chi connectivity index (χ2n) is 8.66. The van der Waals surface area contributed by atoms with Crippen LogP contribution in [-0.4, -0.2) is 6.04 Å². The van der Waals surface area contributed by atoms with Gasteiger partial charge in [-0.2, -0.15) is 0 Å². The first-order chi connectivity index (χ1) is 14.8. The van der Waals surface area contributed by atoms with Gasteiger partial charge in [0.15, 0.2) is 0 Å². The van der Waals surface area contributed by atoms with E-state index in [0.717, 1.165) is 0 Å². The zero-order valence-corrected chi connectivity index (χ0v) is 17.5. The second-order valence-corrected chi connectivity index (χ2v) is 8.66. The van der Waals surface area contributed by atoms with Crippen LogP contribution in [0.2, 0.25) is 0 Å². The van der Waals surface area contributed by atoms with Gasteiger partial charge in [-0.3, -0.25) is 0 Å². The lowest BCUT2D eigenvalue weighted by Crippen LogP contribution is -2.29. The molecule has 30 heavy (non-hydrogen) atoms. The third-order valence-electron chi connectivity index (χ3n) is 6.79. The fourth-order valence-electron chi connectivity index (χ4n) is 5.38. The average Bonchev–Trinajstić information content (AvgIpc) is 3.23. The highest BCUT2D eigenvalue weighted by Gasteiger charge is 2.36. The zero-order valence-electron chi connectivity index (χ0n) is 17.5. The molecular weight excluding hydrogens is 362 g/mol. The highest BCUT2D eigenvalue weighted by Crippen LogP contribution is 2.46. The molecule has 0 aliphatic heterocycles. The molecule has 0 bridgehead atoms. The molecule has 1 aliphatic carbocycles. The van der Waals surface area contributed by atoms with E-state index in [1.165, 1.54) is 40.3 Å². The monoisotopic (exact) mass is 391 g/mol. The van der Waals surface area contributed by atoms with Crippen molar-refractivity contribution >= 4 is 10.8 Å². The molecule has 0 unspecified atom stereocenters. The van der Waals surface area contributed by atoms with Gasteiger partial charge in [-0.05, 0) is 59.1 Å². The minimum Gasteiger partial charge on any atom is -0.307 e. The van der Waals surface area contributed by atoms with Crippen LogP contribution in [-0.2, 0) is 0 Å². The predicted molar refractivity (Wildman–Crippen MR) is 127 cm³/mol. The van der Waals surface area contributed by atoms with Crippen LogP contribution >= 0.6 is 0 Å². The summed E-state index contributed by atoms with van der Waals surface area (Å²) in [6.45, 7) is 2.31. The minimum atomic E-state index is 0.326. The number of benzene rings is 4. The lowest BCUT2D eigenvalue weighted by atomic mass is 9.84. The van der Waals surface area contributed by atoms with Crippen molar-refractivity contribution in [3.05, 3.63) is 120 Å². The van der Waals surface area contributed by atoms with Crippen LogP contribution in [0.4, 0.5) is 0 Å². The Labute approximate surface area is 179 Å². The van der Waals surface area contributed by atoms with Crippen LogP contribution in [0.25, 0.3) is 10.8 Å². The molecule has 0 heterocycles. The maximum Gasteiger partial charge on any atom is 0.0300 e. The fourth-order valence-corrected chi connectivity index (χ4v) is 5.38. The van der Waals surface area contributed by atoms with E-state index in [4.69, 9.17) is 0 Å². The van der Waals surface area contributed by atoms with E-state index in [2.05, 4.69) is 115 Å². The highest BCUT2D eigenvalue weighted by atomic mass is 15.0. The minimum absolute atomic E-state index is 0.326. The molecule has 150 valence electrons. The van der Waals surface area contributed by atoms with Crippen molar-refractivity contribution in [3.8, 4) is 0 Å². The Morgan fingerprint density at radius 3 is 1.80 bits per heavy atom. The van der Waals surface area contributed by atoms with Crippen LogP contribution in [0.15, 0.2) is 103 Å². The molecule has 5 rings (SSSR count). The summed E-state index contributed by atoms with van der Waals surface area (Å²) in [4.78, 5) is 0. The Morgan fingerprint density at radius 2 is 1.17 bits per heavy atom. The summed E-state index contributed by atoms with van der Waals surface area (Å²) in [6, 6.07) is 38.4. The van der Waals surface area contributed by atoms with Gasteiger partial charge in [0, 0.05) is 12.1 Å². The number of hydrogen-bond donors (Lipinski definition) is 1. The van der Waals surface area contributed by atoms with Crippen LogP contribution in [0.1, 0.15) is 54.3 Å². The fraction of sp³-hybridized carbons (Fsp3) is 0.241. The molecule has 0 spiro atoms. The van der Waals surface area contributed by atoms with E-state index in [-0.39, 0.29) is 0 Å². The van der Waals surface area contributed by atoms with Gasteiger partial charge in [0.2, 0.25) is 0 Å². The van der Waals surface area contributed by atoms with Gasteiger partial charge in [-0.15, -0.1) is 0 Å². The summed E-state index contributed by atoms with van der Waals surface area (Å²) in [6.07, 6.45) is 2.36. The lowest BCUT2D eigenvalue weighted by Gasteiger charge is -2.21. The SMILES string of the molecule is C[C@@H](NC1C[C@H](c2ccccc2)[C@@H](c2ccccc2)C1)c1cccc2ccccc12. The van der Waals surface area contributed by atoms with Crippen LogP contribution in [0, 0.1) is 0 Å². The Morgan fingerprint density at radius 1 is 0.633 bits per heavy atom. The summed E-state index contributed by atoms with van der Waals surface area (Å²) >= 11 is 0. The summed E-state index contributed by atoms with van der Waals surface area (Å²) in [5.74, 6) is 1.12. The van der Waals surface area contributed by atoms with Crippen molar-refractivity contribution in [3.63, 3.8) is 0 Å². The smallest absolute Gasteiger partial charge is 0.0300 e. The van der Waals surface area contributed by atoms with Gasteiger partial charge in [-0.1, -0.05) is 103 Å². The molecule has 1 heteroatoms. The van der Waals surface area contributed by atoms with E-state index in [9.17, 15) is 0 Å². The number of hydrogen-bond acceptors (Lipinski definition) is 1. The molecule has 0 saturated heterocycles. The summed E-state index contributed by atoms with van der Waals surface area (Å²) in [5.41, 5.74) is 4.33. The Kier molecular flexibility index (Phi) is 5.38. The average molecular weight is 392 g/mol. The highest BCUT2D eigenvalue weighted by molar-refractivity contribution is 5.86. The first-order valence-corrected chi connectivity index (χ1v) is 11.1. The first kappa shape index (κ1) is 19.1. The first-order valence-electron chi connectivity index (χ1n) is 11.1. The molecule has 1 aliphatic rings. The van der Waals surface area contributed by atoms with Crippen molar-refractivity contribution in [2.24, 2.45) is 0 Å². The molecule has 1 fully saturated rings. The van der Waals surface area contributed by atoms with Crippen LogP contribution in [0.5, 0.6) is 0 Å². The van der Waals surface area contributed by atoms with Gasteiger partial charge in [0.05, 0.1) is 0 Å². The van der Waals surface area contributed by atoms with E-state index in [0.29, 0.717) is 23.9 Å². The quantitative estimate of drug-likeness (QED) is 0.379. The summed E-state index contributed by atoms with van der Waals surface area (Å²) < 4.78 is 0. The van der Waals surface area contributed by atoms with E-state index in [1.807, 2.05) is 0 Å². The largest absolute Gasteiger partial charge is 0.307 e.